The van der Waals surface area contributed by atoms with E-state index in [1.807, 2.05) is 45.0 Å². The van der Waals surface area contributed by atoms with Crippen molar-refractivity contribution in [2.24, 2.45) is 0 Å². The minimum atomic E-state index is -0.299. The number of carbonyl (C=O) groups excluding carboxylic acids is 1. The number of H-pyrrole nitrogens is 1. The molecule has 1 amide bonds. The number of amides is 1. The van der Waals surface area contributed by atoms with Gasteiger partial charge in [0.1, 0.15) is 11.6 Å². The number of anilines is 1. The Kier molecular flexibility index (Phi) is 4.46. The molecular formula is C20H21N5O3. The maximum absolute atomic E-state index is 12.4. The lowest BCUT2D eigenvalue weighted by Crippen LogP contribution is -2.25. The molecule has 1 aliphatic heterocycles. The normalized spacial score (nSPS) is 16.0. The van der Waals surface area contributed by atoms with Crippen molar-refractivity contribution in [3.05, 3.63) is 63.6 Å². The van der Waals surface area contributed by atoms with Crippen LogP contribution in [0.1, 0.15) is 43.0 Å². The predicted molar refractivity (Wildman–Crippen MR) is 104 cm³/mol. The van der Waals surface area contributed by atoms with Gasteiger partial charge in [0.25, 0.3) is 5.56 Å². The number of nitrogens with one attached hydrogen (secondary N) is 2. The number of ether oxygens (including phenoxy) is 1. The molecule has 8 heteroatoms. The summed E-state index contributed by atoms with van der Waals surface area (Å²) < 4.78 is 7.27. The monoisotopic (exact) mass is 379 g/mol. The summed E-state index contributed by atoms with van der Waals surface area (Å²) in [7, 11) is 0. The van der Waals surface area contributed by atoms with Crippen molar-refractivity contribution in [3.8, 4) is 11.6 Å². The van der Waals surface area contributed by atoms with Crippen LogP contribution in [0.4, 0.5) is 5.82 Å². The summed E-state index contributed by atoms with van der Waals surface area (Å²) in [4.78, 5) is 23.7. The van der Waals surface area contributed by atoms with Crippen LogP contribution in [-0.2, 0) is 4.79 Å². The fourth-order valence-electron chi connectivity index (χ4n) is 3.50. The lowest BCUT2D eigenvalue weighted by molar-refractivity contribution is -0.116. The Morgan fingerprint density at radius 2 is 1.89 bits per heavy atom. The van der Waals surface area contributed by atoms with Gasteiger partial charge in [0.2, 0.25) is 5.91 Å². The number of hydrogen-bond donors (Lipinski definition) is 2. The van der Waals surface area contributed by atoms with Crippen LogP contribution in [0, 0.1) is 6.92 Å². The first-order chi connectivity index (χ1) is 13.4. The van der Waals surface area contributed by atoms with Crippen molar-refractivity contribution in [1.29, 1.82) is 0 Å². The molecule has 0 spiro atoms. The van der Waals surface area contributed by atoms with Crippen molar-refractivity contribution in [2.45, 2.75) is 39.2 Å². The SMILES string of the molecule is Cc1nn(-c2ccc(=O)[nH]n2)c2c1[C@H](c1ccc(OC(C)C)cc1)CC(=O)N2. The fourth-order valence-corrected chi connectivity index (χ4v) is 3.50. The van der Waals surface area contributed by atoms with Crippen LogP contribution in [0.2, 0.25) is 0 Å². The van der Waals surface area contributed by atoms with E-state index >= 15 is 0 Å². The second-order valence-electron chi connectivity index (χ2n) is 7.08. The average Bonchev–Trinajstić information content (AvgIpc) is 2.98. The molecule has 2 N–H and O–H groups in total. The highest BCUT2D eigenvalue weighted by molar-refractivity contribution is 5.95. The van der Waals surface area contributed by atoms with Crippen molar-refractivity contribution in [1.82, 2.24) is 20.0 Å². The number of benzene rings is 1. The number of aryl methyl sites for hydroxylation is 1. The molecular weight excluding hydrogens is 358 g/mol. The van der Waals surface area contributed by atoms with Crippen LogP contribution < -0.4 is 15.6 Å². The third-order valence-electron chi connectivity index (χ3n) is 4.64. The lowest BCUT2D eigenvalue weighted by atomic mass is 9.86. The smallest absolute Gasteiger partial charge is 0.264 e. The lowest BCUT2D eigenvalue weighted by Gasteiger charge is -2.24. The van der Waals surface area contributed by atoms with Gasteiger partial charge in [-0.1, -0.05) is 12.1 Å². The highest BCUT2D eigenvalue weighted by Crippen LogP contribution is 2.40. The van der Waals surface area contributed by atoms with Gasteiger partial charge in [-0.05, 0) is 44.5 Å². The molecule has 1 atom stereocenters. The van der Waals surface area contributed by atoms with Gasteiger partial charge in [0, 0.05) is 24.0 Å². The molecule has 28 heavy (non-hydrogen) atoms. The number of fused-ring (bicyclic) bond motifs is 1. The molecule has 144 valence electrons. The molecule has 0 bridgehead atoms. The van der Waals surface area contributed by atoms with E-state index in [1.165, 1.54) is 6.07 Å². The molecule has 0 saturated carbocycles. The van der Waals surface area contributed by atoms with E-state index in [-0.39, 0.29) is 23.5 Å². The van der Waals surface area contributed by atoms with E-state index in [2.05, 4.69) is 20.6 Å². The van der Waals surface area contributed by atoms with Gasteiger partial charge in [-0.15, -0.1) is 0 Å². The third-order valence-corrected chi connectivity index (χ3v) is 4.64. The molecule has 0 fully saturated rings. The van der Waals surface area contributed by atoms with Gasteiger partial charge >= 0.3 is 0 Å². The minimum absolute atomic E-state index is 0.0921. The first-order valence-corrected chi connectivity index (χ1v) is 9.14. The largest absolute Gasteiger partial charge is 0.491 e. The Hall–Kier alpha value is -3.42. The summed E-state index contributed by atoms with van der Waals surface area (Å²) in [5.41, 5.74) is 2.47. The van der Waals surface area contributed by atoms with Crippen LogP contribution in [0.25, 0.3) is 5.82 Å². The van der Waals surface area contributed by atoms with Gasteiger partial charge in [0.05, 0.1) is 11.8 Å². The van der Waals surface area contributed by atoms with Crippen molar-refractivity contribution >= 4 is 11.7 Å². The molecule has 1 aliphatic rings. The second kappa shape index (κ2) is 6.95. The Bertz CT molecular complexity index is 1060. The Labute approximate surface area is 161 Å². The minimum Gasteiger partial charge on any atom is -0.491 e. The molecule has 8 nitrogen and oxygen atoms in total. The average molecular weight is 379 g/mol. The highest BCUT2D eigenvalue weighted by atomic mass is 16.5. The fraction of sp³-hybridized carbons (Fsp3) is 0.300. The molecule has 2 aromatic heterocycles. The van der Waals surface area contributed by atoms with E-state index in [1.54, 1.807) is 10.7 Å². The third kappa shape index (κ3) is 3.28. The van der Waals surface area contributed by atoms with Gasteiger partial charge < -0.3 is 10.1 Å². The number of hydrogen-bond acceptors (Lipinski definition) is 5. The van der Waals surface area contributed by atoms with E-state index < -0.39 is 0 Å². The van der Waals surface area contributed by atoms with Gasteiger partial charge in [0.15, 0.2) is 5.82 Å². The topological polar surface area (TPSA) is 102 Å². The summed E-state index contributed by atoms with van der Waals surface area (Å²) in [6.45, 7) is 5.87. The van der Waals surface area contributed by atoms with Crippen LogP contribution in [0.3, 0.4) is 0 Å². The summed E-state index contributed by atoms with van der Waals surface area (Å²) in [6, 6.07) is 10.8. The summed E-state index contributed by atoms with van der Waals surface area (Å²) in [6.07, 6.45) is 0.436. The molecule has 3 heterocycles. The van der Waals surface area contributed by atoms with Crippen LogP contribution in [0.5, 0.6) is 5.75 Å². The van der Waals surface area contributed by atoms with E-state index in [4.69, 9.17) is 4.74 Å². The number of aromatic amines is 1. The Balaban J connectivity index is 1.76. The number of rotatable bonds is 4. The van der Waals surface area contributed by atoms with Gasteiger partial charge in [-0.3, -0.25) is 9.59 Å². The van der Waals surface area contributed by atoms with E-state index in [9.17, 15) is 9.59 Å². The van der Waals surface area contributed by atoms with E-state index in [0.717, 1.165) is 22.6 Å². The summed E-state index contributed by atoms with van der Waals surface area (Å²) in [5, 5.41) is 13.9. The molecule has 0 unspecified atom stereocenters. The van der Waals surface area contributed by atoms with Crippen LogP contribution >= 0.6 is 0 Å². The summed E-state index contributed by atoms with van der Waals surface area (Å²) in [5.74, 6) is 1.61. The molecule has 0 saturated heterocycles. The van der Waals surface area contributed by atoms with Crippen LogP contribution in [-0.4, -0.2) is 32.0 Å². The first-order valence-electron chi connectivity index (χ1n) is 9.14. The number of aromatic nitrogens is 4. The second-order valence-corrected chi connectivity index (χ2v) is 7.08. The Morgan fingerprint density at radius 3 is 2.54 bits per heavy atom. The molecule has 1 aromatic carbocycles. The van der Waals surface area contributed by atoms with Gasteiger partial charge in [-0.25, -0.2) is 5.10 Å². The maximum Gasteiger partial charge on any atom is 0.264 e. The van der Waals surface area contributed by atoms with Crippen LogP contribution in [0.15, 0.2) is 41.2 Å². The first kappa shape index (κ1) is 18.0. The van der Waals surface area contributed by atoms with Crippen molar-refractivity contribution in [3.63, 3.8) is 0 Å². The molecule has 3 aromatic rings. The van der Waals surface area contributed by atoms with Crippen molar-refractivity contribution in [2.75, 3.05) is 5.32 Å². The zero-order valence-electron chi connectivity index (χ0n) is 15.9. The molecule has 4 rings (SSSR count). The molecule has 0 aliphatic carbocycles. The summed E-state index contributed by atoms with van der Waals surface area (Å²) >= 11 is 0. The quantitative estimate of drug-likeness (QED) is 0.725. The number of nitrogens with zero attached hydrogens (tertiary/aromatic N) is 3. The maximum atomic E-state index is 12.4. The number of carbonyl (C=O) groups is 1. The molecule has 0 radical (unpaired) electrons. The standard InChI is InChI=1S/C20H21N5O3/c1-11(2)28-14-6-4-13(5-7-14)15-10-18(27)21-20-19(15)12(3)24-25(20)16-8-9-17(26)23-22-16/h4-9,11,15H,10H2,1-3H3,(H,21,27)(H,23,26)/t15-/m0/s1. The highest BCUT2D eigenvalue weighted by Gasteiger charge is 2.32. The zero-order valence-corrected chi connectivity index (χ0v) is 15.9. The Morgan fingerprint density at radius 1 is 1.14 bits per heavy atom. The van der Waals surface area contributed by atoms with Gasteiger partial charge in [-0.2, -0.15) is 14.9 Å². The predicted octanol–water partition coefficient (Wildman–Crippen LogP) is 2.53. The van der Waals surface area contributed by atoms with Crippen molar-refractivity contribution < 1.29 is 9.53 Å². The van der Waals surface area contributed by atoms with E-state index in [0.29, 0.717) is 18.1 Å². The zero-order chi connectivity index (χ0) is 19.8.